The lowest BCUT2D eigenvalue weighted by Gasteiger charge is -2.25. The van der Waals surface area contributed by atoms with E-state index < -0.39 is 0 Å². The summed E-state index contributed by atoms with van der Waals surface area (Å²) < 4.78 is 0. The van der Waals surface area contributed by atoms with Gasteiger partial charge in [0.2, 0.25) is 0 Å². The predicted octanol–water partition coefficient (Wildman–Crippen LogP) is 1.90. The molecule has 1 fully saturated rings. The SMILES string of the molecule is NC(=NCCN1CCCCC1)Nc1ccccc1. The Kier molecular flexibility index (Phi) is 5.02. The summed E-state index contributed by atoms with van der Waals surface area (Å²) in [6, 6.07) is 9.89. The smallest absolute Gasteiger partial charge is 0.193 e. The predicted molar refractivity (Wildman–Crippen MR) is 76.8 cm³/mol. The van der Waals surface area contributed by atoms with Gasteiger partial charge < -0.3 is 16.0 Å². The second kappa shape index (κ2) is 7.01. The highest BCUT2D eigenvalue weighted by Crippen LogP contribution is 2.07. The summed E-state index contributed by atoms with van der Waals surface area (Å²) in [6.45, 7) is 4.20. The lowest BCUT2D eigenvalue weighted by Crippen LogP contribution is -2.32. The van der Waals surface area contributed by atoms with Crippen LogP contribution in [0.15, 0.2) is 35.3 Å². The van der Waals surface area contributed by atoms with Gasteiger partial charge in [0, 0.05) is 12.2 Å². The van der Waals surface area contributed by atoms with Crippen molar-refractivity contribution in [1.29, 1.82) is 0 Å². The van der Waals surface area contributed by atoms with Gasteiger partial charge in [0.25, 0.3) is 0 Å². The van der Waals surface area contributed by atoms with Crippen molar-refractivity contribution in [1.82, 2.24) is 4.90 Å². The van der Waals surface area contributed by atoms with Crippen LogP contribution in [0.1, 0.15) is 19.3 Å². The van der Waals surface area contributed by atoms with Gasteiger partial charge in [0.15, 0.2) is 5.96 Å². The number of piperidine rings is 1. The highest BCUT2D eigenvalue weighted by atomic mass is 15.2. The monoisotopic (exact) mass is 246 g/mol. The number of rotatable bonds is 4. The van der Waals surface area contributed by atoms with Gasteiger partial charge in [-0.3, -0.25) is 4.99 Å². The molecule has 0 atom stereocenters. The summed E-state index contributed by atoms with van der Waals surface area (Å²) in [6.07, 6.45) is 4.01. The number of benzene rings is 1. The summed E-state index contributed by atoms with van der Waals surface area (Å²) >= 11 is 0. The lowest BCUT2D eigenvalue weighted by molar-refractivity contribution is 0.235. The zero-order valence-corrected chi connectivity index (χ0v) is 10.8. The molecule has 0 saturated carbocycles. The maximum Gasteiger partial charge on any atom is 0.193 e. The lowest BCUT2D eigenvalue weighted by atomic mass is 10.1. The van der Waals surface area contributed by atoms with E-state index in [1.54, 1.807) is 0 Å². The number of nitrogens with zero attached hydrogens (tertiary/aromatic N) is 2. The number of hydrogen-bond acceptors (Lipinski definition) is 2. The Hall–Kier alpha value is -1.55. The number of aliphatic imine (C=N–C) groups is 1. The summed E-state index contributed by atoms with van der Waals surface area (Å²) in [4.78, 5) is 6.82. The van der Waals surface area contributed by atoms with E-state index in [1.807, 2.05) is 30.3 Å². The Balaban J connectivity index is 1.71. The second-order valence-electron chi connectivity index (χ2n) is 4.66. The van der Waals surface area contributed by atoms with E-state index in [4.69, 9.17) is 5.73 Å². The molecule has 0 spiro atoms. The Morgan fingerprint density at radius 3 is 2.61 bits per heavy atom. The molecule has 0 amide bonds. The van der Waals surface area contributed by atoms with E-state index in [2.05, 4.69) is 15.2 Å². The first-order chi connectivity index (χ1) is 8.84. The van der Waals surface area contributed by atoms with Gasteiger partial charge in [0.05, 0.1) is 6.54 Å². The van der Waals surface area contributed by atoms with Crippen molar-refractivity contribution in [2.75, 3.05) is 31.5 Å². The van der Waals surface area contributed by atoms with Crippen LogP contribution in [-0.4, -0.2) is 37.0 Å². The van der Waals surface area contributed by atoms with Crippen LogP contribution in [0.5, 0.6) is 0 Å². The minimum absolute atomic E-state index is 0.498. The Morgan fingerprint density at radius 1 is 1.17 bits per heavy atom. The van der Waals surface area contributed by atoms with Crippen LogP contribution in [0.25, 0.3) is 0 Å². The highest BCUT2D eigenvalue weighted by Gasteiger charge is 2.08. The van der Waals surface area contributed by atoms with Crippen molar-refractivity contribution >= 4 is 11.6 Å². The summed E-state index contributed by atoms with van der Waals surface area (Å²) in [5, 5.41) is 3.09. The van der Waals surface area contributed by atoms with Crippen LogP contribution in [0.3, 0.4) is 0 Å². The van der Waals surface area contributed by atoms with Crippen LogP contribution in [0.2, 0.25) is 0 Å². The average Bonchev–Trinajstić information content (AvgIpc) is 2.41. The molecule has 0 bridgehead atoms. The molecule has 3 N–H and O–H groups in total. The number of nitrogens with two attached hydrogens (primary N) is 1. The van der Waals surface area contributed by atoms with Gasteiger partial charge in [-0.05, 0) is 38.1 Å². The molecule has 18 heavy (non-hydrogen) atoms. The van der Waals surface area contributed by atoms with Crippen molar-refractivity contribution in [3.8, 4) is 0 Å². The first kappa shape index (κ1) is 12.9. The van der Waals surface area contributed by atoms with Gasteiger partial charge in [-0.25, -0.2) is 0 Å². The molecule has 4 heteroatoms. The van der Waals surface area contributed by atoms with E-state index >= 15 is 0 Å². The molecule has 0 aromatic heterocycles. The Bertz CT molecular complexity index is 369. The number of likely N-dealkylation sites (tertiary alicyclic amines) is 1. The third-order valence-corrected chi connectivity index (χ3v) is 3.19. The van der Waals surface area contributed by atoms with Crippen LogP contribution in [0, 0.1) is 0 Å². The van der Waals surface area contributed by atoms with Gasteiger partial charge >= 0.3 is 0 Å². The molecule has 0 aliphatic carbocycles. The maximum atomic E-state index is 5.84. The van der Waals surface area contributed by atoms with Gasteiger partial charge in [-0.15, -0.1) is 0 Å². The number of anilines is 1. The van der Waals surface area contributed by atoms with E-state index in [-0.39, 0.29) is 0 Å². The molecule has 1 aliphatic rings. The van der Waals surface area contributed by atoms with Gasteiger partial charge in [-0.1, -0.05) is 24.6 Å². The van der Waals surface area contributed by atoms with Crippen LogP contribution in [-0.2, 0) is 0 Å². The van der Waals surface area contributed by atoms with Crippen LogP contribution >= 0.6 is 0 Å². The second-order valence-corrected chi connectivity index (χ2v) is 4.66. The fourth-order valence-corrected chi connectivity index (χ4v) is 2.20. The molecule has 1 heterocycles. The van der Waals surface area contributed by atoms with Crippen molar-refractivity contribution in [3.05, 3.63) is 30.3 Å². The molecule has 1 aromatic carbocycles. The minimum atomic E-state index is 0.498. The molecule has 1 saturated heterocycles. The molecule has 1 aliphatic heterocycles. The maximum absolute atomic E-state index is 5.84. The molecule has 0 unspecified atom stereocenters. The van der Waals surface area contributed by atoms with Crippen molar-refractivity contribution in [2.24, 2.45) is 10.7 Å². The first-order valence-corrected chi connectivity index (χ1v) is 6.69. The third-order valence-electron chi connectivity index (χ3n) is 3.19. The fourth-order valence-electron chi connectivity index (χ4n) is 2.20. The molecule has 98 valence electrons. The summed E-state index contributed by atoms with van der Waals surface area (Å²) in [7, 11) is 0. The van der Waals surface area contributed by atoms with Crippen LogP contribution < -0.4 is 11.1 Å². The zero-order valence-electron chi connectivity index (χ0n) is 10.8. The number of nitrogens with one attached hydrogen (secondary N) is 1. The van der Waals surface area contributed by atoms with Crippen LogP contribution in [0.4, 0.5) is 5.69 Å². The van der Waals surface area contributed by atoms with Crippen molar-refractivity contribution in [2.45, 2.75) is 19.3 Å². The zero-order chi connectivity index (χ0) is 12.6. The normalized spacial score (nSPS) is 17.7. The average molecular weight is 246 g/mol. The Labute approximate surface area is 109 Å². The molecular weight excluding hydrogens is 224 g/mol. The fraction of sp³-hybridized carbons (Fsp3) is 0.500. The van der Waals surface area contributed by atoms with E-state index in [1.165, 1.54) is 32.4 Å². The minimum Gasteiger partial charge on any atom is -0.370 e. The summed E-state index contributed by atoms with van der Waals surface area (Å²) in [5.41, 5.74) is 6.82. The third kappa shape index (κ3) is 4.37. The molecule has 2 rings (SSSR count). The number of hydrogen-bond donors (Lipinski definition) is 2. The quantitative estimate of drug-likeness (QED) is 0.630. The molecule has 1 aromatic rings. The van der Waals surface area contributed by atoms with Gasteiger partial charge in [-0.2, -0.15) is 0 Å². The largest absolute Gasteiger partial charge is 0.370 e. The van der Waals surface area contributed by atoms with E-state index in [9.17, 15) is 0 Å². The summed E-state index contributed by atoms with van der Waals surface area (Å²) in [5.74, 6) is 0.498. The number of guanidine groups is 1. The topological polar surface area (TPSA) is 53.6 Å². The molecular formula is C14H22N4. The standard InChI is InChI=1S/C14H22N4/c15-14(17-13-7-3-1-4-8-13)16-9-12-18-10-5-2-6-11-18/h1,3-4,7-8H,2,5-6,9-12H2,(H3,15,16,17). The van der Waals surface area contributed by atoms with E-state index in [0.717, 1.165) is 18.8 Å². The number of para-hydroxylation sites is 1. The molecule has 0 radical (unpaired) electrons. The van der Waals surface area contributed by atoms with Crippen molar-refractivity contribution < 1.29 is 0 Å². The van der Waals surface area contributed by atoms with E-state index in [0.29, 0.717) is 5.96 Å². The highest BCUT2D eigenvalue weighted by molar-refractivity contribution is 5.92. The van der Waals surface area contributed by atoms with Crippen molar-refractivity contribution in [3.63, 3.8) is 0 Å². The first-order valence-electron chi connectivity index (χ1n) is 6.69. The van der Waals surface area contributed by atoms with Gasteiger partial charge in [0.1, 0.15) is 0 Å². The Morgan fingerprint density at radius 2 is 1.89 bits per heavy atom. The molecule has 4 nitrogen and oxygen atoms in total.